The Morgan fingerprint density at radius 1 is 0.962 bits per heavy atom. The third-order valence-corrected chi connectivity index (χ3v) is 3.84. The minimum absolute atomic E-state index is 0.204. The molecule has 3 rings (SSSR count). The fourth-order valence-electron chi connectivity index (χ4n) is 2.60. The maximum atomic E-state index is 13.1. The van der Waals surface area contributed by atoms with Crippen LogP contribution in [-0.4, -0.2) is 33.1 Å². The van der Waals surface area contributed by atoms with Crippen LogP contribution in [0.4, 0.5) is 4.39 Å². The zero-order valence-electron chi connectivity index (χ0n) is 14.5. The number of hydrogen-bond donors (Lipinski definition) is 1. The predicted molar refractivity (Wildman–Crippen MR) is 95.2 cm³/mol. The van der Waals surface area contributed by atoms with E-state index in [2.05, 4.69) is 10.3 Å². The molecule has 1 amide bonds. The summed E-state index contributed by atoms with van der Waals surface area (Å²) in [5, 5.41) is 2.67. The number of hydrogen-bond acceptors (Lipinski definition) is 5. The molecule has 2 aromatic carbocycles. The zero-order valence-corrected chi connectivity index (χ0v) is 14.5. The first-order valence-corrected chi connectivity index (χ1v) is 7.74. The van der Waals surface area contributed by atoms with Crippen molar-refractivity contribution in [1.29, 1.82) is 0 Å². The second kappa shape index (κ2) is 7.26. The number of methoxy groups -OCH3 is 3. The Balaban J connectivity index is 2.02. The third-order valence-electron chi connectivity index (χ3n) is 3.84. The lowest BCUT2D eigenvalue weighted by molar-refractivity contribution is -0.115. The predicted octanol–water partition coefficient (Wildman–Crippen LogP) is 2.77. The third kappa shape index (κ3) is 3.23. The van der Waals surface area contributed by atoms with Gasteiger partial charge in [0.2, 0.25) is 5.75 Å². The molecule has 134 valence electrons. The smallest absolute Gasteiger partial charge is 0.275 e. The fourth-order valence-corrected chi connectivity index (χ4v) is 2.60. The molecule has 2 aromatic rings. The first kappa shape index (κ1) is 17.5. The molecule has 1 N–H and O–H groups in total. The van der Waals surface area contributed by atoms with Crippen molar-refractivity contribution < 1.29 is 23.4 Å². The van der Waals surface area contributed by atoms with E-state index in [9.17, 15) is 9.18 Å². The standard InChI is InChI=1S/C19H17FN2O4/c1-24-15-9-6-12(16(25-2)17(15)26-3)10-14-19(23)22-18(21-14)11-4-7-13(20)8-5-11/h4-10H,1-3H3,(H,21,22,23)/b14-10-. The van der Waals surface area contributed by atoms with E-state index in [0.717, 1.165) is 0 Å². The number of rotatable bonds is 5. The highest BCUT2D eigenvalue weighted by molar-refractivity contribution is 6.19. The summed E-state index contributed by atoms with van der Waals surface area (Å²) in [5.41, 5.74) is 1.43. The lowest BCUT2D eigenvalue weighted by Crippen LogP contribution is -2.24. The number of nitrogens with zero attached hydrogens (tertiary/aromatic N) is 1. The highest BCUT2D eigenvalue weighted by Gasteiger charge is 2.23. The molecule has 0 atom stereocenters. The van der Waals surface area contributed by atoms with Crippen molar-refractivity contribution in [1.82, 2.24) is 5.32 Å². The summed E-state index contributed by atoms with van der Waals surface area (Å²) in [6, 6.07) is 9.17. The summed E-state index contributed by atoms with van der Waals surface area (Å²) < 4.78 is 29.1. The highest BCUT2D eigenvalue weighted by Crippen LogP contribution is 2.40. The Hall–Kier alpha value is -3.35. The van der Waals surface area contributed by atoms with Crippen molar-refractivity contribution >= 4 is 17.8 Å². The van der Waals surface area contributed by atoms with Crippen LogP contribution in [0.15, 0.2) is 47.1 Å². The van der Waals surface area contributed by atoms with Crippen LogP contribution in [0.2, 0.25) is 0 Å². The Bertz CT molecular complexity index is 905. The number of ether oxygens (including phenoxy) is 3. The largest absolute Gasteiger partial charge is 0.493 e. The summed E-state index contributed by atoms with van der Waals surface area (Å²) in [6.07, 6.45) is 1.59. The molecule has 0 aromatic heterocycles. The van der Waals surface area contributed by atoms with Gasteiger partial charge in [-0.25, -0.2) is 9.38 Å². The molecule has 6 nitrogen and oxygen atoms in total. The van der Waals surface area contributed by atoms with Crippen LogP contribution in [0.5, 0.6) is 17.2 Å². The van der Waals surface area contributed by atoms with Gasteiger partial charge in [0.25, 0.3) is 5.91 Å². The minimum Gasteiger partial charge on any atom is -0.493 e. The quantitative estimate of drug-likeness (QED) is 0.837. The van der Waals surface area contributed by atoms with Crippen LogP contribution in [-0.2, 0) is 4.79 Å². The molecule has 0 saturated carbocycles. The molecule has 0 aliphatic carbocycles. The summed E-state index contributed by atoms with van der Waals surface area (Å²) in [4.78, 5) is 16.5. The van der Waals surface area contributed by atoms with E-state index in [1.54, 1.807) is 30.3 Å². The molecule has 1 heterocycles. The normalized spacial score (nSPS) is 14.8. The lowest BCUT2D eigenvalue weighted by atomic mass is 10.1. The summed E-state index contributed by atoms with van der Waals surface area (Å²) in [5.74, 6) is 1.01. The van der Waals surface area contributed by atoms with Crippen molar-refractivity contribution in [2.45, 2.75) is 0 Å². The van der Waals surface area contributed by atoms with Gasteiger partial charge >= 0.3 is 0 Å². The number of aliphatic imine (C=N–C) groups is 1. The van der Waals surface area contributed by atoms with E-state index in [1.807, 2.05) is 0 Å². The second-order valence-electron chi connectivity index (χ2n) is 5.37. The van der Waals surface area contributed by atoms with Crippen molar-refractivity contribution in [3.8, 4) is 17.2 Å². The van der Waals surface area contributed by atoms with Crippen molar-refractivity contribution in [2.24, 2.45) is 4.99 Å². The van der Waals surface area contributed by atoms with Gasteiger partial charge in [0.05, 0.1) is 21.3 Å². The van der Waals surface area contributed by atoms with Gasteiger partial charge < -0.3 is 19.5 Å². The zero-order chi connectivity index (χ0) is 18.7. The van der Waals surface area contributed by atoms with Crippen LogP contribution in [0, 0.1) is 5.82 Å². The van der Waals surface area contributed by atoms with E-state index < -0.39 is 0 Å². The summed E-state index contributed by atoms with van der Waals surface area (Å²) in [6.45, 7) is 0. The Morgan fingerprint density at radius 2 is 1.65 bits per heavy atom. The van der Waals surface area contributed by atoms with Gasteiger partial charge in [0.15, 0.2) is 11.5 Å². The number of carbonyl (C=O) groups excluding carboxylic acids is 1. The van der Waals surface area contributed by atoms with Gasteiger partial charge in [-0.1, -0.05) is 0 Å². The number of amidine groups is 1. The van der Waals surface area contributed by atoms with Crippen LogP contribution in [0.1, 0.15) is 11.1 Å². The fraction of sp³-hybridized carbons (Fsp3) is 0.158. The summed E-state index contributed by atoms with van der Waals surface area (Å²) in [7, 11) is 4.53. The van der Waals surface area contributed by atoms with Crippen LogP contribution in [0.25, 0.3) is 6.08 Å². The number of benzene rings is 2. The summed E-state index contributed by atoms with van der Waals surface area (Å²) >= 11 is 0. The maximum absolute atomic E-state index is 13.1. The van der Waals surface area contributed by atoms with Crippen LogP contribution < -0.4 is 19.5 Å². The molecule has 0 radical (unpaired) electrons. The van der Waals surface area contributed by atoms with Crippen LogP contribution in [0.3, 0.4) is 0 Å². The van der Waals surface area contributed by atoms with Gasteiger partial charge in [-0.2, -0.15) is 0 Å². The molecule has 0 unspecified atom stereocenters. The first-order chi connectivity index (χ1) is 12.6. The number of carbonyl (C=O) groups is 1. The minimum atomic E-state index is -0.360. The van der Waals surface area contributed by atoms with Gasteiger partial charge in [0.1, 0.15) is 17.3 Å². The topological polar surface area (TPSA) is 69.2 Å². The molecule has 0 fully saturated rings. The van der Waals surface area contributed by atoms with Crippen molar-refractivity contribution in [2.75, 3.05) is 21.3 Å². The Morgan fingerprint density at radius 3 is 2.27 bits per heavy atom. The van der Waals surface area contributed by atoms with Gasteiger partial charge in [-0.15, -0.1) is 0 Å². The molecular weight excluding hydrogens is 339 g/mol. The SMILES string of the molecule is COc1ccc(/C=C2\N=C(c3ccc(F)cc3)NC2=O)c(OC)c1OC. The van der Waals surface area contributed by atoms with Gasteiger partial charge in [-0.05, 0) is 42.5 Å². The average molecular weight is 356 g/mol. The number of amides is 1. The van der Waals surface area contributed by atoms with Crippen LogP contribution >= 0.6 is 0 Å². The van der Waals surface area contributed by atoms with Gasteiger partial charge in [0, 0.05) is 11.1 Å². The molecular formula is C19H17FN2O4. The monoisotopic (exact) mass is 356 g/mol. The molecule has 1 aliphatic rings. The Kier molecular flexibility index (Phi) is 4.88. The average Bonchev–Trinajstić information content (AvgIpc) is 3.02. The molecule has 0 saturated heterocycles. The van der Waals surface area contributed by atoms with Gasteiger partial charge in [-0.3, -0.25) is 4.79 Å². The maximum Gasteiger partial charge on any atom is 0.275 e. The second-order valence-corrected chi connectivity index (χ2v) is 5.37. The highest BCUT2D eigenvalue weighted by atomic mass is 19.1. The van der Waals surface area contributed by atoms with E-state index in [-0.39, 0.29) is 17.4 Å². The van der Waals surface area contributed by atoms with E-state index in [0.29, 0.717) is 34.2 Å². The molecule has 26 heavy (non-hydrogen) atoms. The van der Waals surface area contributed by atoms with Crippen molar-refractivity contribution in [3.05, 3.63) is 59.0 Å². The van der Waals surface area contributed by atoms with E-state index in [4.69, 9.17) is 14.2 Å². The number of halogens is 1. The molecule has 0 spiro atoms. The van der Waals surface area contributed by atoms with E-state index >= 15 is 0 Å². The lowest BCUT2D eigenvalue weighted by Gasteiger charge is -2.14. The van der Waals surface area contributed by atoms with E-state index in [1.165, 1.54) is 33.5 Å². The first-order valence-electron chi connectivity index (χ1n) is 7.74. The number of nitrogens with one attached hydrogen (secondary N) is 1. The van der Waals surface area contributed by atoms with Crippen molar-refractivity contribution in [3.63, 3.8) is 0 Å². The molecule has 0 bridgehead atoms. The Labute approximate surface area is 149 Å². The molecule has 1 aliphatic heterocycles. The molecule has 7 heteroatoms.